The molecule has 1 fully saturated rings. The first-order valence-electron chi connectivity index (χ1n) is 8.53. The summed E-state index contributed by atoms with van der Waals surface area (Å²) >= 11 is 0. The molecular formula is C18H29N3O. The van der Waals surface area contributed by atoms with Gasteiger partial charge in [0.1, 0.15) is 0 Å². The number of hydrogen-bond donors (Lipinski definition) is 2. The van der Waals surface area contributed by atoms with Crippen LogP contribution >= 0.6 is 0 Å². The van der Waals surface area contributed by atoms with Crippen LogP contribution in [0.25, 0.3) is 0 Å². The predicted octanol–water partition coefficient (Wildman–Crippen LogP) is 1.94. The fourth-order valence-electron chi connectivity index (χ4n) is 3.08. The second kappa shape index (κ2) is 9.59. The molecule has 4 heteroatoms. The first-order chi connectivity index (χ1) is 10.8. The minimum atomic E-state index is 0.189. The number of rotatable bonds is 9. The van der Waals surface area contributed by atoms with Crippen molar-refractivity contribution in [1.29, 1.82) is 0 Å². The topological polar surface area (TPSA) is 58.4 Å². The lowest BCUT2D eigenvalue weighted by atomic mass is 10.1. The van der Waals surface area contributed by atoms with Gasteiger partial charge in [0.25, 0.3) is 0 Å². The van der Waals surface area contributed by atoms with Crippen LogP contribution in [-0.2, 0) is 11.2 Å². The summed E-state index contributed by atoms with van der Waals surface area (Å²) in [5.74, 6) is 0.189. The molecule has 0 radical (unpaired) electrons. The zero-order valence-corrected chi connectivity index (χ0v) is 13.5. The molecule has 0 unspecified atom stereocenters. The molecule has 1 amide bonds. The van der Waals surface area contributed by atoms with Crippen LogP contribution in [0.4, 0.5) is 0 Å². The fourth-order valence-corrected chi connectivity index (χ4v) is 3.08. The molecule has 0 bridgehead atoms. The van der Waals surface area contributed by atoms with E-state index in [0.717, 1.165) is 38.9 Å². The van der Waals surface area contributed by atoms with Crippen molar-refractivity contribution in [3.63, 3.8) is 0 Å². The lowest BCUT2D eigenvalue weighted by Crippen LogP contribution is -2.37. The molecule has 3 N–H and O–H groups in total. The number of nitrogens with two attached hydrogens (primary N) is 1. The zero-order valence-electron chi connectivity index (χ0n) is 13.5. The van der Waals surface area contributed by atoms with E-state index in [1.807, 2.05) is 6.07 Å². The molecule has 1 aromatic rings. The first kappa shape index (κ1) is 17.0. The molecule has 122 valence electrons. The van der Waals surface area contributed by atoms with Crippen molar-refractivity contribution in [3.05, 3.63) is 35.9 Å². The van der Waals surface area contributed by atoms with Gasteiger partial charge in [-0.1, -0.05) is 43.2 Å². The lowest BCUT2D eigenvalue weighted by molar-refractivity contribution is -0.122. The second-order valence-electron chi connectivity index (χ2n) is 6.16. The summed E-state index contributed by atoms with van der Waals surface area (Å²) in [6, 6.07) is 10.9. The van der Waals surface area contributed by atoms with Gasteiger partial charge in [0.05, 0.1) is 0 Å². The van der Waals surface area contributed by atoms with Crippen molar-refractivity contribution in [3.8, 4) is 0 Å². The van der Waals surface area contributed by atoms with Crippen molar-refractivity contribution in [2.75, 3.05) is 26.2 Å². The average molecular weight is 303 g/mol. The van der Waals surface area contributed by atoms with Gasteiger partial charge < -0.3 is 16.0 Å². The summed E-state index contributed by atoms with van der Waals surface area (Å²) in [6.07, 6.45) is 6.37. The van der Waals surface area contributed by atoms with Gasteiger partial charge in [-0.05, 0) is 24.8 Å². The Labute approximate surface area is 134 Å². The number of carbonyl (C=O) groups excluding carboxylic acids is 1. The normalized spacial score (nSPS) is 15.4. The fraction of sp³-hybridized carbons (Fsp3) is 0.611. The summed E-state index contributed by atoms with van der Waals surface area (Å²) < 4.78 is 0. The second-order valence-corrected chi connectivity index (χ2v) is 6.16. The van der Waals surface area contributed by atoms with Crippen molar-refractivity contribution in [2.45, 2.75) is 44.6 Å². The third kappa shape index (κ3) is 6.16. The summed E-state index contributed by atoms with van der Waals surface area (Å²) in [4.78, 5) is 14.3. The van der Waals surface area contributed by atoms with Crippen molar-refractivity contribution in [2.24, 2.45) is 5.73 Å². The molecule has 0 heterocycles. The molecule has 1 saturated carbocycles. The van der Waals surface area contributed by atoms with Crippen molar-refractivity contribution < 1.29 is 4.79 Å². The molecule has 0 spiro atoms. The summed E-state index contributed by atoms with van der Waals surface area (Å²) in [5, 5.41) is 3.15. The van der Waals surface area contributed by atoms with E-state index < -0.39 is 0 Å². The van der Waals surface area contributed by atoms with Crippen LogP contribution in [0.5, 0.6) is 0 Å². The van der Waals surface area contributed by atoms with E-state index in [1.54, 1.807) is 0 Å². The number of nitrogens with zero attached hydrogens (tertiary/aromatic N) is 1. The molecule has 0 aromatic heterocycles. The summed E-state index contributed by atoms with van der Waals surface area (Å²) in [6.45, 7) is 3.24. The Hall–Kier alpha value is -1.39. The van der Waals surface area contributed by atoms with E-state index in [4.69, 9.17) is 5.73 Å². The van der Waals surface area contributed by atoms with Gasteiger partial charge in [0.2, 0.25) is 5.91 Å². The Balaban J connectivity index is 1.69. The Kier molecular flexibility index (Phi) is 7.40. The molecule has 4 nitrogen and oxygen atoms in total. The van der Waals surface area contributed by atoms with Gasteiger partial charge in [-0.2, -0.15) is 0 Å². The van der Waals surface area contributed by atoms with Crippen LogP contribution in [0.15, 0.2) is 30.3 Å². The molecule has 22 heavy (non-hydrogen) atoms. The van der Waals surface area contributed by atoms with Gasteiger partial charge in [0.15, 0.2) is 0 Å². The molecule has 0 atom stereocenters. The zero-order chi connectivity index (χ0) is 15.6. The number of benzene rings is 1. The van der Waals surface area contributed by atoms with E-state index >= 15 is 0 Å². The highest BCUT2D eigenvalue weighted by Gasteiger charge is 2.17. The van der Waals surface area contributed by atoms with Crippen LogP contribution in [0.1, 0.15) is 37.7 Å². The maximum atomic E-state index is 12.0. The number of amides is 1. The molecule has 2 rings (SSSR count). The van der Waals surface area contributed by atoms with E-state index in [1.165, 1.54) is 18.4 Å². The van der Waals surface area contributed by atoms with Gasteiger partial charge >= 0.3 is 0 Å². The van der Waals surface area contributed by atoms with Crippen LogP contribution in [0.3, 0.4) is 0 Å². The largest absolute Gasteiger partial charge is 0.353 e. The highest BCUT2D eigenvalue weighted by molar-refractivity contribution is 5.76. The highest BCUT2D eigenvalue weighted by atomic mass is 16.1. The maximum absolute atomic E-state index is 12.0. The summed E-state index contributed by atoms with van der Waals surface area (Å²) in [7, 11) is 0. The Bertz CT molecular complexity index is 429. The molecule has 1 aromatic carbocycles. The van der Waals surface area contributed by atoms with Crippen molar-refractivity contribution in [1.82, 2.24) is 10.2 Å². The minimum Gasteiger partial charge on any atom is -0.353 e. The molecule has 1 aliphatic carbocycles. The quantitative estimate of drug-likeness (QED) is 0.733. The number of hydrogen-bond acceptors (Lipinski definition) is 3. The van der Waals surface area contributed by atoms with Gasteiger partial charge in [0, 0.05) is 38.6 Å². The summed E-state index contributed by atoms with van der Waals surface area (Å²) in [5.41, 5.74) is 7.03. The smallest absolute Gasteiger partial charge is 0.221 e. The Morgan fingerprint density at radius 1 is 1.14 bits per heavy atom. The third-order valence-corrected chi connectivity index (χ3v) is 4.38. The predicted molar refractivity (Wildman–Crippen MR) is 90.7 cm³/mol. The van der Waals surface area contributed by atoms with Gasteiger partial charge in [-0.25, -0.2) is 0 Å². The van der Waals surface area contributed by atoms with Gasteiger partial charge in [-0.15, -0.1) is 0 Å². The number of nitrogens with one attached hydrogen (secondary N) is 1. The maximum Gasteiger partial charge on any atom is 0.221 e. The van der Waals surface area contributed by atoms with Gasteiger partial charge in [-0.3, -0.25) is 4.79 Å². The SMILES string of the molecule is NCCN(CCC(=O)NC1CCCC1)CCc1ccccc1. The van der Waals surface area contributed by atoms with Crippen molar-refractivity contribution >= 4 is 5.91 Å². The monoisotopic (exact) mass is 303 g/mol. The Morgan fingerprint density at radius 2 is 1.86 bits per heavy atom. The lowest BCUT2D eigenvalue weighted by Gasteiger charge is -2.22. The van der Waals surface area contributed by atoms with E-state index in [-0.39, 0.29) is 5.91 Å². The molecule has 0 aliphatic heterocycles. The Morgan fingerprint density at radius 3 is 2.55 bits per heavy atom. The van der Waals surface area contributed by atoms with E-state index in [0.29, 0.717) is 19.0 Å². The minimum absolute atomic E-state index is 0.189. The van der Waals surface area contributed by atoms with Crippen LogP contribution in [0.2, 0.25) is 0 Å². The van der Waals surface area contributed by atoms with Crippen LogP contribution in [-0.4, -0.2) is 43.0 Å². The average Bonchev–Trinajstić information content (AvgIpc) is 3.04. The molecule has 1 aliphatic rings. The number of carbonyl (C=O) groups is 1. The van der Waals surface area contributed by atoms with E-state index in [2.05, 4.69) is 34.5 Å². The molecular weight excluding hydrogens is 274 g/mol. The molecule has 0 saturated heterocycles. The van der Waals surface area contributed by atoms with Crippen LogP contribution in [0, 0.1) is 0 Å². The van der Waals surface area contributed by atoms with E-state index in [9.17, 15) is 4.79 Å². The first-order valence-corrected chi connectivity index (χ1v) is 8.53. The van der Waals surface area contributed by atoms with Crippen LogP contribution < -0.4 is 11.1 Å². The highest BCUT2D eigenvalue weighted by Crippen LogP contribution is 2.17. The third-order valence-electron chi connectivity index (χ3n) is 4.38. The standard InChI is InChI=1S/C18H29N3O/c19-12-15-21(13-10-16-6-2-1-3-7-16)14-11-18(22)20-17-8-4-5-9-17/h1-3,6-7,17H,4-5,8-15,19H2,(H,20,22).